The van der Waals surface area contributed by atoms with Gasteiger partial charge in [0, 0.05) is 36.2 Å². The molecule has 0 radical (unpaired) electrons. The van der Waals surface area contributed by atoms with E-state index < -0.39 is 0 Å². The van der Waals surface area contributed by atoms with E-state index >= 15 is 0 Å². The molecule has 1 aromatic carbocycles. The smallest absolute Gasteiger partial charge is 0.0989 e. The molecule has 0 bridgehead atoms. The summed E-state index contributed by atoms with van der Waals surface area (Å²) in [6.07, 6.45) is 4.87. The summed E-state index contributed by atoms with van der Waals surface area (Å²) in [5, 5.41) is 3.69. The van der Waals surface area contributed by atoms with Gasteiger partial charge < -0.3 is 10.1 Å². The lowest BCUT2D eigenvalue weighted by Gasteiger charge is -2.43. The fourth-order valence-electron chi connectivity index (χ4n) is 3.70. The zero-order chi connectivity index (χ0) is 13.6. The lowest BCUT2D eigenvalue weighted by molar-refractivity contribution is -0.0181. The minimum Gasteiger partial charge on any atom is -0.377 e. The van der Waals surface area contributed by atoms with E-state index in [1.807, 2.05) is 12.4 Å². The molecular weight excluding hydrogens is 248 g/mol. The first-order valence-corrected chi connectivity index (χ1v) is 7.19. The van der Waals surface area contributed by atoms with Gasteiger partial charge in [0.15, 0.2) is 0 Å². The lowest BCUT2D eigenvalue weighted by atomic mass is 9.73. The molecule has 0 aliphatic carbocycles. The number of aromatic nitrogens is 1. The van der Waals surface area contributed by atoms with Gasteiger partial charge in [-0.05, 0) is 25.0 Å². The zero-order valence-corrected chi connectivity index (χ0v) is 11.5. The average Bonchev–Trinajstić information content (AvgIpc) is 2.90. The number of fused-ring (bicyclic) bond motifs is 3. The third-order valence-corrected chi connectivity index (χ3v) is 4.77. The normalized spacial score (nSPS) is 31.2. The highest BCUT2D eigenvalue weighted by molar-refractivity contribution is 5.57. The maximum atomic E-state index is 6.14. The molecule has 0 spiro atoms. The van der Waals surface area contributed by atoms with Crippen LogP contribution in [-0.2, 0) is 10.3 Å². The Hall–Kier alpha value is -1.87. The van der Waals surface area contributed by atoms with Crippen molar-refractivity contribution in [2.45, 2.75) is 25.0 Å². The first-order valence-electron chi connectivity index (χ1n) is 7.19. The summed E-state index contributed by atoms with van der Waals surface area (Å²) in [5.41, 5.74) is 3.44. The molecule has 20 heavy (non-hydrogen) atoms. The van der Waals surface area contributed by atoms with Crippen molar-refractivity contribution in [1.82, 2.24) is 4.98 Å². The Morgan fingerprint density at radius 2 is 2.10 bits per heavy atom. The number of ether oxygens (including phenoxy) is 1. The quantitative estimate of drug-likeness (QED) is 0.857. The first kappa shape index (κ1) is 11.9. The van der Waals surface area contributed by atoms with Crippen molar-refractivity contribution in [1.29, 1.82) is 0 Å². The van der Waals surface area contributed by atoms with E-state index in [9.17, 15) is 0 Å². The van der Waals surface area contributed by atoms with Crippen molar-refractivity contribution >= 4 is 5.69 Å². The van der Waals surface area contributed by atoms with E-state index in [4.69, 9.17) is 4.74 Å². The highest BCUT2D eigenvalue weighted by atomic mass is 16.5. The van der Waals surface area contributed by atoms with E-state index in [0.29, 0.717) is 12.0 Å². The monoisotopic (exact) mass is 266 g/mol. The maximum absolute atomic E-state index is 6.14. The van der Waals surface area contributed by atoms with E-state index in [1.54, 1.807) is 0 Å². The van der Waals surface area contributed by atoms with Gasteiger partial charge in [0.1, 0.15) is 0 Å². The van der Waals surface area contributed by atoms with Crippen LogP contribution in [0.5, 0.6) is 0 Å². The molecule has 3 atom stereocenters. The molecule has 0 amide bonds. The SMILES string of the molecule is CC12OCCC1C(c1ccccc1)Nc1ccncc12. The molecule has 1 aromatic heterocycles. The number of anilines is 1. The van der Waals surface area contributed by atoms with Crippen LogP contribution < -0.4 is 5.32 Å². The molecule has 1 N–H and O–H groups in total. The van der Waals surface area contributed by atoms with E-state index in [-0.39, 0.29) is 5.60 Å². The van der Waals surface area contributed by atoms with Gasteiger partial charge in [-0.15, -0.1) is 0 Å². The number of benzene rings is 1. The average molecular weight is 266 g/mol. The molecule has 2 aliphatic rings. The van der Waals surface area contributed by atoms with Gasteiger partial charge in [-0.2, -0.15) is 0 Å². The van der Waals surface area contributed by atoms with Gasteiger partial charge in [0.05, 0.1) is 11.6 Å². The van der Waals surface area contributed by atoms with Gasteiger partial charge in [-0.25, -0.2) is 0 Å². The molecule has 1 fully saturated rings. The summed E-state index contributed by atoms with van der Waals surface area (Å²) >= 11 is 0. The summed E-state index contributed by atoms with van der Waals surface area (Å²) in [6, 6.07) is 13.0. The van der Waals surface area contributed by atoms with E-state index in [0.717, 1.165) is 18.7 Å². The number of pyridine rings is 1. The Morgan fingerprint density at radius 1 is 1.25 bits per heavy atom. The Kier molecular flexibility index (Phi) is 2.57. The topological polar surface area (TPSA) is 34.1 Å². The van der Waals surface area contributed by atoms with Crippen LogP contribution >= 0.6 is 0 Å². The Labute approximate surface area is 119 Å². The molecule has 0 saturated carbocycles. The summed E-state index contributed by atoms with van der Waals surface area (Å²) in [7, 11) is 0. The standard InChI is InChI=1S/C17H18N2O/c1-17-13(8-10-20-17)16(12-5-3-2-4-6-12)19-15-7-9-18-11-14(15)17/h2-7,9,11,13,16,19H,8,10H2,1H3. The Morgan fingerprint density at radius 3 is 2.95 bits per heavy atom. The van der Waals surface area contributed by atoms with Crippen molar-refractivity contribution in [2.75, 3.05) is 11.9 Å². The largest absolute Gasteiger partial charge is 0.377 e. The number of hydrogen-bond donors (Lipinski definition) is 1. The predicted octanol–water partition coefficient (Wildman–Crippen LogP) is 3.50. The van der Waals surface area contributed by atoms with Gasteiger partial charge in [-0.3, -0.25) is 4.98 Å². The molecule has 3 unspecified atom stereocenters. The van der Waals surface area contributed by atoms with Crippen LogP contribution in [-0.4, -0.2) is 11.6 Å². The van der Waals surface area contributed by atoms with E-state index in [1.165, 1.54) is 11.1 Å². The fourth-order valence-corrected chi connectivity index (χ4v) is 3.70. The summed E-state index contributed by atoms with van der Waals surface area (Å²) in [6.45, 7) is 3.03. The van der Waals surface area contributed by atoms with Crippen LogP contribution in [0.3, 0.4) is 0 Å². The summed E-state index contributed by atoms with van der Waals surface area (Å²) in [5.74, 6) is 0.446. The molecule has 3 nitrogen and oxygen atoms in total. The molecule has 4 rings (SSSR count). The predicted molar refractivity (Wildman–Crippen MR) is 78.5 cm³/mol. The lowest BCUT2D eigenvalue weighted by Crippen LogP contribution is -2.40. The number of rotatable bonds is 1. The molecule has 3 heteroatoms. The van der Waals surface area contributed by atoms with Crippen molar-refractivity contribution in [2.24, 2.45) is 5.92 Å². The highest BCUT2D eigenvalue weighted by Crippen LogP contribution is 2.53. The molecule has 2 aromatic rings. The van der Waals surface area contributed by atoms with Crippen molar-refractivity contribution in [3.8, 4) is 0 Å². The zero-order valence-electron chi connectivity index (χ0n) is 11.5. The van der Waals surface area contributed by atoms with Crippen molar-refractivity contribution < 1.29 is 4.74 Å². The van der Waals surface area contributed by atoms with Crippen LogP contribution in [0.4, 0.5) is 5.69 Å². The van der Waals surface area contributed by atoms with Gasteiger partial charge in [-0.1, -0.05) is 30.3 Å². The van der Waals surface area contributed by atoms with E-state index in [2.05, 4.69) is 53.6 Å². The molecule has 2 aliphatic heterocycles. The maximum Gasteiger partial charge on any atom is 0.0989 e. The van der Waals surface area contributed by atoms with Crippen LogP contribution in [0.15, 0.2) is 48.8 Å². The number of nitrogens with zero attached hydrogens (tertiary/aromatic N) is 1. The van der Waals surface area contributed by atoms with Crippen LogP contribution in [0.1, 0.15) is 30.5 Å². The van der Waals surface area contributed by atoms with Crippen molar-refractivity contribution in [3.63, 3.8) is 0 Å². The molecular formula is C17H18N2O. The second kappa shape index (κ2) is 4.32. The first-order chi connectivity index (χ1) is 9.79. The molecule has 102 valence electrons. The summed E-state index contributed by atoms with van der Waals surface area (Å²) < 4.78 is 6.14. The van der Waals surface area contributed by atoms with Crippen LogP contribution in [0, 0.1) is 5.92 Å². The Balaban J connectivity index is 1.85. The van der Waals surface area contributed by atoms with Crippen molar-refractivity contribution in [3.05, 3.63) is 59.9 Å². The van der Waals surface area contributed by atoms with Crippen LogP contribution in [0.25, 0.3) is 0 Å². The Bertz CT molecular complexity index is 628. The highest BCUT2D eigenvalue weighted by Gasteiger charge is 2.50. The van der Waals surface area contributed by atoms with Gasteiger partial charge in [0.2, 0.25) is 0 Å². The minimum atomic E-state index is -0.227. The second-order valence-electron chi connectivity index (χ2n) is 5.80. The molecule has 3 heterocycles. The minimum absolute atomic E-state index is 0.227. The number of nitrogens with one attached hydrogen (secondary N) is 1. The molecule has 1 saturated heterocycles. The van der Waals surface area contributed by atoms with Gasteiger partial charge in [0.25, 0.3) is 0 Å². The fraction of sp³-hybridized carbons (Fsp3) is 0.353. The van der Waals surface area contributed by atoms with Gasteiger partial charge >= 0.3 is 0 Å². The third kappa shape index (κ3) is 1.59. The second-order valence-corrected chi connectivity index (χ2v) is 5.80. The number of hydrogen-bond acceptors (Lipinski definition) is 3. The third-order valence-electron chi connectivity index (χ3n) is 4.77. The van der Waals surface area contributed by atoms with Crippen LogP contribution in [0.2, 0.25) is 0 Å². The summed E-state index contributed by atoms with van der Waals surface area (Å²) in [4.78, 5) is 4.28.